The first kappa shape index (κ1) is 9.72. The molecule has 3 rings (SSSR count). The Kier molecular flexibility index (Phi) is 2.01. The zero-order valence-corrected chi connectivity index (χ0v) is 8.92. The maximum absolute atomic E-state index is 11.4. The fraction of sp³-hybridized carbons (Fsp3) is 0. The van der Waals surface area contributed by atoms with Crippen molar-refractivity contribution >= 4 is 27.7 Å². The highest BCUT2D eigenvalue weighted by Crippen LogP contribution is 2.25. The highest BCUT2D eigenvalue weighted by molar-refractivity contribution is 6.14. The largest absolute Gasteiger partial charge is 0.366 e. The minimum Gasteiger partial charge on any atom is -0.366 e. The van der Waals surface area contributed by atoms with Gasteiger partial charge in [0.05, 0.1) is 11.0 Å². The minimum atomic E-state index is -0.450. The van der Waals surface area contributed by atoms with Crippen molar-refractivity contribution in [1.29, 1.82) is 0 Å². The van der Waals surface area contributed by atoms with Crippen LogP contribution in [-0.4, -0.2) is 15.9 Å². The number of rotatable bonds is 1. The molecule has 4 nitrogen and oxygen atoms in total. The van der Waals surface area contributed by atoms with Gasteiger partial charge in [0.25, 0.3) is 0 Å². The van der Waals surface area contributed by atoms with Crippen molar-refractivity contribution in [1.82, 2.24) is 9.97 Å². The maximum atomic E-state index is 11.4. The van der Waals surface area contributed by atoms with Gasteiger partial charge in [0, 0.05) is 23.3 Å². The summed E-state index contributed by atoms with van der Waals surface area (Å²) in [4.78, 5) is 19.9. The van der Waals surface area contributed by atoms with Gasteiger partial charge >= 0.3 is 0 Å². The van der Waals surface area contributed by atoms with E-state index in [4.69, 9.17) is 5.73 Å². The minimum absolute atomic E-state index is 0.450. The predicted molar refractivity (Wildman–Crippen MR) is 65.6 cm³/mol. The van der Waals surface area contributed by atoms with Crippen LogP contribution in [0.5, 0.6) is 0 Å². The van der Waals surface area contributed by atoms with Crippen LogP contribution in [0.25, 0.3) is 21.8 Å². The van der Waals surface area contributed by atoms with E-state index in [0.29, 0.717) is 11.1 Å². The first-order valence-corrected chi connectivity index (χ1v) is 5.19. The van der Waals surface area contributed by atoms with E-state index in [2.05, 4.69) is 9.97 Å². The summed E-state index contributed by atoms with van der Waals surface area (Å²) in [5, 5.41) is 1.71. The van der Waals surface area contributed by atoms with Gasteiger partial charge in [0.15, 0.2) is 0 Å². The van der Waals surface area contributed by atoms with Gasteiger partial charge in [-0.2, -0.15) is 0 Å². The second-order valence-electron chi connectivity index (χ2n) is 3.76. The number of nitrogens with two attached hydrogens (primary N) is 1. The fourth-order valence-electron chi connectivity index (χ4n) is 2.00. The average Bonchev–Trinajstić information content (AvgIpc) is 2.37. The van der Waals surface area contributed by atoms with Crippen LogP contribution in [0.15, 0.2) is 42.7 Å². The van der Waals surface area contributed by atoms with Gasteiger partial charge in [0.2, 0.25) is 5.91 Å². The van der Waals surface area contributed by atoms with Gasteiger partial charge in [-0.25, -0.2) is 0 Å². The Morgan fingerprint density at radius 3 is 2.53 bits per heavy atom. The molecule has 2 N–H and O–H groups in total. The summed E-state index contributed by atoms with van der Waals surface area (Å²) in [6.45, 7) is 0. The molecule has 0 bridgehead atoms. The van der Waals surface area contributed by atoms with Gasteiger partial charge in [-0.3, -0.25) is 14.8 Å². The number of benzene rings is 2. The Bertz CT molecular complexity index is 737. The van der Waals surface area contributed by atoms with Gasteiger partial charge in [-0.1, -0.05) is 24.3 Å². The lowest BCUT2D eigenvalue weighted by atomic mass is 10.0. The molecule has 17 heavy (non-hydrogen) atoms. The van der Waals surface area contributed by atoms with Gasteiger partial charge < -0.3 is 5.73 Å². The lowest BCUT2D eigenvalue weighted by molar-refractivity contribution is 0.100. The molecule has 1 heterocycles. The molecule has 0 radical (unpaired) electrons. The maximum Gasteiger partial charge on any atom is 0.249 e. The number of hydrogen-bond acceptors (Lipinski definition) is 3. The van der Waals surface area contributed by atoms with Gasteiger partial charge in [0.1, 0.15) is 0 Å². The summed E-state index contributed by atoms with van der Waals surface area (Å²) >= 11 is 0. The molecular weight excluding hydrogens is 214 g/mol. The second-order valence-corrected chi connectivity index (χ2v) is 3.76. The normalized spacial score (nSPS) is 10.8. The molecule has 0 saturated carbocycles. The van der Waals surface area contributed by atoms with Crippen molar-refractivity contribution in [2.45, 2.75) is 0 Å². The van der Waals surface area contributed by atoms with E-state index in [1.165, 1.54) is 0 Å². The molecule has 3 aromatic rings. The zero-order valence-electron chi connectivity index (χ0n) is 8.92. The molecule has 0 aliphatic rings. The number of fused-ring (bicyclic) bond motifs is 3. The first-order chi connectivity index (χ1) is 8.27. The molecule has 1 aromatic heterocycles. The Labute approximate surface area is 97.1 Å². The van der Waals surface area contributed by atoms with E-state index < -0.39 is 5.91 Å². The average molecular weight is 223 g/mol. The fourth-order valence-corrected chi connectivity index (χ4v) is 2.00. The summed E-state index contributed by atoms with van der Waals surface area (Å²) < 4.78 is 0. The van der Waals surface area contributed by atoms with E-state index in [0.717, 1.165) is 16.3 Å². The Morgan fingerprint density at radius 2 is 1.76 bits per heavy atom. The molecule has 0 unspecified atom stereocenters. The second kappa shape index (κ2) is 3.52. The van der Waals surface area contributed by atoms with Crippen LogP contribution < -0.4 is 5.73 Å². The topological polar surface area (TPSA) is 68.9 Å². The summed E-state index contributed by atoms with van der Waals surface area (Å²) in [6.07, 6.45) is 3.24. The molecule has 0 fully saturated rings. The van der Waals surface area contributed by atoms with Gasteiger partial charge in [-0.05, 0) is 11.5 Å². The summed E-state index contributed by atoms with van der Waals surface area (Å²) in [5.41, 5.74) is 7.33. The van der Waals surface area contributed by atoms with E-state index in [1.54, 1.807) is 18.5 Å². The van der Waals surface area contributed by atoms with E-state index in [-0.39, 0.29) is 0 Å². The zero-order chi connectivity index (χ0) is 11.8. The molecule has 82 valence electrons. The summed E-state index contributed by atoms with van der Waals surface area (Å²) in [7, 11) is 0. The molecule has 0 saturated heterocycles. The van der Waals surface area contributed by atoms with Gasteiger partial charge in [-0.15, -0.1) is 0 Å². The summed E-state index contributed by atoms with van der Waals surface area (Å²) in [5.74, 6) is -0.450. The number of carbonyl (C=O) groups is 1. The number of hydrogen-bond donors (Lipinski definition) is 1. The van der Waals surface area contributed by atoms with Crippen molar-refractivity contribution in [3.8, 4) is 0 Å². The molecule has 1 amide bonds. The van der Waals surface area contributed by atoms with Crippen LogP contribution in [-0.2, 0) is 0 Å². The Hall–Kier alpha value is -2.49. The SMILES string of the molecule is NC(=O)c1cc2nccnc2c2ccccc12. The van der Waals surface area contributed by atoms with Crippen molar-refractivity contribution < 1.29 is 4.79 Å². The van der Waals surface area contributed by atoms with Crippen LogP contribution in [0.1, 0.15) is 10.4 Å². The van der Waals surface area contributed by atoms with Crippen molar-refractivity contribution in [3.63, 3.8) is 0 Å². The molecular formula is C13H9N3O. The molecule has 0 aliphatic heterocycles. The van der Waals surface area contributed by atoms with Crippen LogP contribution in [0.3, 0.4) is 0 Å². The lowest BCUT2D eigenvalue weighted by Gasteiger charge is -2.06. The molecule has 4 heteroatoms. The van der Waals surface area contributed by atoms with Crippen LogP contribution >= 0.6 is 0 Å². The summed E-state index contributed by atoms with van der Waals surface area (Å²) in [6, 6.07) is 9.24. The number of carbonyl (C=O) groups excluding carboxylic acids is 1. The number of aromatic nitrogens is 2. The van der Waals surface area contributed by atoms with Crippen molar-refractivity contribution in [2.24, 2.45) is 5.73 Å². The number of amides is 1. The molecule has 0 atom stereocenters. The predicted octanol–water partition coefficient (Wildman–Crippen LogP) is 1.88. The third-order valence-corrected chi connectivity index (χ3v) is 2.75. The quantitative estimate of drug-likeness (QED) is 0.640. The molecule has 0 aliphatic carbocycles. The highest BCUT2D eigenvalue weighted by Gasteiger charge is 2.10. The Morgan fingerprint density at radius 1 is 1.06 bits per heavy atom. The monoisotopic (exact) mass is 223 g/mol. The molecule has 0 spiro atoms. The van der Waals surface area contributed by atoms with Crippen LogP contribution in [0.2, 0.25) is 0 Å². The van der Waals surface area contributed by atoms with Crippen molar-refractivity contribution in [2.75, 3.05) is 0 Å². The van der Waals surface area contributed by atoms with Crippen LogP contribution in [0.4, 0.5) is 0 Å². The third-order valence-electron chi connectivity index (χ3n) is 2.75. The third kappa shape index (κ3) is 1.42. The molecule has 2 aromatic carbocycles. The first-order valence-electron chi connectivity index (χ1n) is 5.19. The number of nitrogens with zero attached hydrogens (tertiary/aromatic N) is 2. The highest BCUT2D eigenvalue weighted by atomic mass is 16.1. The standard InChI is InChI=1S/C13H9N3O/c14-13(17)10-7-11-12(16-6-5-15-11)9-4-2-1-3-8(9)10/h1-7H,(H2,14,17). The van der Waals surface area contributed by atoms with Crippen LogP contribution in [0, 0.1) is 0 Å². The van der Waals surface area contributed by atoms with E-state index >= 15 is 0 Å². The number of primary amides is 1. The van der Waals surface area contributed by atoms with E-state index in [1.807, 2.05) is 24.3 Å². The van der Waals surface area contributed by atoms with Crippen molar-refractivity contribution in [3.05, 3.63) is 48.3 Å². The smallest absolute Gasteiger partial charge is 0.249 e. The Balaban J connectivity index is 2.59. The lowest BCUT2D eigenvalue weighted by Crippen LogP contribution is -2.11. The van der Waals surface area contributed by atoms with E-state index in [9.17, 15) is 4.79 Å².